The van der Waals surface area contributed by atoms with Gasteiger partial charge in [0.15, 0.2) is 0 Å². The summed E-state index contributed by atoms with van der Waals surface area (Å²) in [6.45, 7) is 7.43. The molecule has 1 aromatic rings. The largest absolute Gasteiger partial charge is 0.489 e. The van der Waals surface area contributed by atoms with E-state index in [0.29, 0.717) is 5.02 Å². The quantitative estimate of drug-likeness (QED) is 0.892. The molecular weight excluding hydrogens is 272 g/mol. The van der Waals surface area contributed by atoms with Crippen molar-refractivity contribution in [3.63, 3.8) is 0 Å². The van der Waals surface area contributed by atoms with Crippen molar-refractivity contribution in [3.8, 4) is 5.75 Å². The van der Waals surface area contributed by atoms with E-state index in [1.165, 1.54) is 25.9 Å². The lowest BCUT2D eigenvalue weighted by atomic mass is 9.97. The molecule has 0 spiro atoms. The van der Waals surface area contributed by atoms with E-state index in [2.05, 4.69) is 17.3 Å². The van der Waals surface area contributed by atoms with Gasteiger partial charge in [0.25, 0.3) is 0 Å². The molecule has 1 N–H and O–H groups in total. The molecule has 1 aliphatic rings. The summed E-state index contributed by atoms with van der Waals surface area (Å²) in [5, 5.41) is 4.17. The Kier molecular flexibility index (Phi) is 5.55. The van der Waals surface area contributed by atoms with Crippen LogP contribution in [0.5, 0.6) is 5.75 Å². The van der Waals surface area contributed by atoms with E-state index < -0.39 is 0 Å². The fourth-order valence-corrected chi connectivity index (χ4v) is 2.71. The van der Waals surface area contributed by atoms with Crippen LogP contribution in [-0.4, -0.2) is 37.7 Å². The Balaban J connectivity index is 1.85. The maximum Gasteiger partial charge on any atom is 0.138 e. The van der Waals surface area contributed by atoms with Crippen LogP contribution in [0.25, 0.3) is 0 Å². The summed E-state index contributed by atoms with van der Waals surface area (Å²) in [7, 11) is 2.19. The molecule has 1 aliphatic heterocycles. The Morgan fingerprint density at radius 1 is 1.35 bits per heavy atom. The van der Waals surface area contributed by atoms with Gasteiger partial charge >= 0.3 is 0 Å². The highest BCUT2D eigenvalue weighted by Crippen LogP contribution is 2.29. The number of hydrogen-bond acceptors (Lipinski definition) is 3. The number of rotatable bonds is 5. The molecule has 2 rings (SSSR count). The van der Waals surface area contributed by atoms with Gasteiger partial charge in [-0.05, 0) is 70.9 Å². The van der Waals surface area contributed by atoms with Crippen LogP contribution in [-0.2, 0) is 0 Å². The Hall–Kier alpha value is -0.930. The lowest BCUT2D eigenvalue weighted by Gasteiger charge is -2.29. The van der Waals surface area contributed by atoms with Crippen LogP contribution in [0, 0.1) is 5.92 Å². The second-order valence-corrected chi connectivity index (χ2v) is 6.35. The third-order valence-corrected chi connectivity index (χ3v) is 4.02. The van der Waals surface area contributed by atoms with Crippen molar-refractivity contribution in [1.82, 2.24) is 4.90 Å². The lowest BCUT2D eigenvalue weighted by molar-refractivity contribution is 0.226. The van der Waals surface area contributed by atoms with Gasteiger partial charge in [0.1, 0.15) is 5.75 Å². The smallest absolute Gasteiger partial charge is 0.138 e. The van der Waals surface area contributed by atoms with Crippen molar-refractivity contribution < 1.29 is 4.74 Å². The van der Waals surface area contributed by atoms with E-state index in [1.54, 1.807) is 0 Å². The molecule has 4 heteroatoms. The fraction of sp³-hybridized carbons (Fsp3) is 0.625. The van der Waals surface area contributed by atoms with E-state index in [1.807, 2.05) is 32.0 Å². The van der Waals surface area contributed by atoms with Gasteiger partial charge in [-0.1, -0.05) is 11.6 Å². The van der Waals surface area contributed by atoms with Gasteiger partial charge in [0.05, 0.1) is 11.1 Å². The third-order valence-electron chi connectivity index (χ3n) is 3.73. The molecule has 0 radical (unpaired) electrons. The molecule has 1 heterocycles. The predicted molar refractivity (Wildman–Crippen MR) is 85.9 cm³/mol. The predicted octanol–water partition coefficient (Wildman–Crippen LogP) is 3.88. The molecule has 20 heavy (non-hydrogen) atoms. The number of piperidine rings is 1. The maximum atomic E-state index is 6.24. The highest BCUT2D eigenvalue weighted by molar-refractivity contribution is 6.32. The SMILES string of the molecule is CC(C)Oc1ccc(NCC2CCN(C)CC2)cc1Cl. The summed E-state index contributed by atoms with van der Waals surface area (Å²) >= 11 is 6.24. The van der Waals surface area contributed by atoms with Gasteiger partial charge in [-0.15, -0.1) is 0 Å². The first kappa shape index (κ1) is 15.5. The molecule has 0 unspecified atom stereocenters. The van der Waals surface area contributed by atoms with E-state index in [0.717, 1.165) is 23.9 Å². The summed E-state index contributed by atoms with van der Waals surface area (Å²) in [5.41, 5.74) is 1.07. The van der Waals surface area contributed by atoms with Gasteiger partial charge in [0, 0.05) is 12.2 Å². The second-order valence-electron chi connectivity index (χ2n) is 5.94. The normalized spacial score (nSPS) is 17.4. The molecule has 0 atom stereocenters. The van der Waals surface area contributed by atoms with Crippen LogP contribution in [0.15, 0.2) is 18.2 Å². The Morgan fingerprint density at radius 3 is 2.65 bits per heavy atom. The number of anilines is 1. The van der Waals surface area contributed by atoms with Crippen molar-refractivity contribution in [2.75, 3.05) is 32.0 Å². The highest BCUT2D eigenvalue weighted by Gasteiger charge is 2.16. The zero-order valence-corrected chi connectivity index (χ0v) is 13.4. The van der Waals surface area contributed by atoms with E-state index >= 15 is 0 Å². The standard InChI is InChI=1S/C16H25ClN2O/c1-12(2)20-16-5-4-14(10-15(16)17)18-11-13-6-8-19(3)9-7-13/h4-5,10,12-13,18H,6-9,11H2,1-3H3. The number of halogens is 1. The monoisotopic (exact) mass is 296 g/mol. The topological polar surface area (TPSA) is 24.5 Å². The summed E-state index contributed by atoms with van der Waals surface area (Å²) in [5.74, 6) is 1.52. The average Bonchev–Trinajstić information content (AvgIpc) is 2.40. The minimum atomic E-state index is 0.144. The Bertz CT molecular complexity index is 428. The molecule has 0 bridgehead atoms. The zero-order valence-electron chi connectivity index (χ0n) is 12.7. The van der Waals surface area contributed by atoms with Crippen molar-refractivity contribution in [1.29, 1.82) is 0 Å². The van der Waals surface area contributed by atoms with Crippen molar-refractivity contribution in [2.45, 2.75) is 32.8 Å². The van der Waals surface area contributed by atoms with Crippen LogP contribution in [0.3, 0.4) is 0 Å². The van der Waals surface area contributed by atoms with Gasteiger partial charge in [-0.3, -0.25) is 0 Å². The van der Waals surface area contributed by atoms with Crippen molar-refractivity contribution in [3.05, 3.63) is 23.2 Å². The van der Waals surface area contributed by atoms with Crippen LogP contribution in [0.4, 0.5) is 5.69 Å². The number of nitrogens with zero attached hydrogens (tertiary/aromatic N) is 1. The van der Waals surface area contributed by atoms with Crippen molar-refractivity contribution in [2.24, 2.45) is 5.92 Å². The maximum absolute atomic E-state index is 6.24. The highest BCUT2D eigenvalue weighted by atomic mass is 35.5. The number of likely N-dealkylation sites (tertiary alicyclic amines) is 1. The lowest BCUT2D eigenvalue weighted by Crippen LogP contribution is -2.32. The number of nitrogens with one attached hydrogen (secondary N) is 1. The molecule has 1 saturated heterocycles. The molecule has 3 nitrogen and oxygen atoms in total. The Labute approximate surface area is 127 Å². The van der Waals surface area contributed by atoms with E-state index in [9.17, 15) is 0 Å². The Morgan fingerprint density at radius 2 is 2.05 bits per heavy atom. The molecule has 1 fully saturated rings. The van der Waals surface area contributed by atoms with Gasteiger partial charge in [-0.2, -0.15) is 0 Å². The molecule has 0 saturated carbocycles. The number of benzene rings is 1. The van der Waals surface area contributed by atoms with Crippen LogP contribution in [0.1, 0.15) is 26.7 Å². The first-order chi connectivity index (χ1) is 9.54. The molecule has 112 valence electrons. The van der Waals surface area contributed by atoms with Gasteiger partial charge < -0.3 is 15.0 Å². The summed E-state index contributed by atoms with van der Waals surface area (Å²) in [4.78, 5) is 2.39. The summed E-state index contributed by atoms with van der Waals surface area (Å²) < 4.78 is 5.64. The second kappa shape index (κ2) is 7.19. The molecular formula is C16H25ClN2O. The first-order valence-electron chi connectivity index (χ1n) is 7.43. The van der Waals surface area contributed by atoms with E-state index in [-0.39, 0.29) is 6.10 Å². The van der Waals surface area contributed by atoms with Gasteiger partial charge in [0.2, 0.25) is 0 Å². The van der Waals surface area contributed by atoms with Crippen LogP contribution < -0.4 is 10.1 Å². The average molecular weight is 297 g/mol. The summed E-state index contributed by atoms with van der Waals surface area (Å²) in [6, 6.07) is 5.94. The van der Waals surface area contributed by atoms with Gasteiger partial charge in [-0.25, -0.2) is 0 Å². The molecule has 0 aliphatic carbocycles. The molecule has 0 amide bonds. The number of hydrogen-bond donors (Lipinski definition) is 1. The molecule has 1 aromatic carbocycles. The van der Waals surface area contributed by atoms with Crippen LogP contribution >= 0.6 is 11.6 Å². The first-order valence-corrected chi connectivity index (χ1v) is 7.81. The molecule has 0 aromatic heterocycles. The van der Waals surface area contributed by atoms with Crippen LogP contribution in [0.2, 0.25) is 5.02 Å². The number of ether oxygens (including phenoxy) is 1. The fourth-order valence-electron chi connectivity index (χ4n) is 2.49. The zero-order chi connectivity index (χ0) is 14.5. The third kappa shape index (κ3) is 4.57. The van der Waals surface area contributed by atoms with Crippen molar-refractivity contribution >= 4 is 17.3 Å². The minimum Gasteiger partial charge on any atom is -0.489 e. The summed E-state index contributed by atoms with van der Waals surface area (Å²) in [6.07, 6.45) is 2.68. The minimum absolute atomic E-state index is 0.144. The van der Waals surface area contributed by atoms with E-state index in [4.69, 9.17) is 16.3 Å².